The van der Waals surface area contributed by atoms with E-state index >= 15 is 0 Å². The third-order valence-electron chi connectivity index (χ3n) is 10.1. The van der Waals surface area contributed by atoms with Crippen molar-refractivity contribution in [1.82, 2.24) is 0 Å². The fourth-order valence-corrected chi connectivity index (χ4v) is 10.4. The molecule has 0 heterocycles. The molecule has 0 aromatic heterocycles. The quantitative estimate of drug-likeness (QED) is 0.261. The zero-order chi connectivity index (χ0) is 23.4. The van der Waals surface area contributed by atoms with Gasteiger partial charge in [0.15, 0.2) is 8.32 Å². The predicted octanol–water partition coefficient (Wildman–Crippen LogP) is 6.64. The van der Waals surface area contributed by atoms with Crippen molar-refractivity contribution in [2.24, 2.45) is 44.8 Å². The largest absolute Gasteiger partial charge is 0.406 e. The molecule has 4 aliphatic rings. The first-order valence-electron chi connectivity index (χ1n) is 12.9. The van der Waals surface area contributed by atoms with Crippen LogP contribution in [-0.4, -0.2) is 39.6 Å². The Morgan fingerprint density at radius 2 is 1.66 bits per heavy atom. The third kappa shape index (κ3) is 3.68. The van der Waals surface area contributed by atoms with Crippen LogP contribution in [0.15, 0.2) is 10.3 Å². The first-order chi connectivity index (χ1) is 15.0. The summed E-state index contributed by atoms with van der Waals surface area (Å²) in [5, 5.41) is 8.84. The summed E-state index contributed by atoms with van der Waals surface area (Å²) in [4.78, 5) is 10.4. The SMILES string of the molecule is CO/N=C1/CC[C@@]2(C)[C@H](CC[C@@H]3[C@@H]2CC[C@@]2(C)[C@H]3CC[C@]2(O[Si](C)(C)C)/C(C)=N/OC)C1. The minimum Gasteiger partial charge on any atom is -0.406 e. The fourth-order valence-electron chi connectivity index (χ4n) is 8.84. The van der Waals surface area contributed by atoms with Crippen molar-refractivity contribution in [2.45, 2.75) is 104 Å². The molecule has 4 aliphatic carbocycles. The number of hydrogen-bond acceptors (Lipinski definition) is 5. The molecule has 0 radical (unpaired) electrons. The molecular weight excluding hydrogens is 416 g/mol. The maximum Gasteiger partial charge on any atom is 0.185 e. The topological polar surface area (TPSA) is 52.4 Å². The van der Waals surface area contributed by atoms with E-state index in [2.05, 4.69) is 50.7 Å². The molecule has 6 heteroatoms. The van der Waals surface area contributed by atoms with Gasteiger partial charge in [-0.05, 0) is 113 Å². The van der Waals surface area contributed by atoms with Crippen LogP contribution in [0.25, 0.3) is 0 Å². The summed E-state index contributed by atoms with van der Waals surface area (Å²) >= 11 is 0. The van der Waals surface area contributed by atoms with Crippen LogP contribution in [0.4, 0.5) is 0 Å². The third-order valence-corrected chi connectivity index (χ3v) is 11.1. The molecule has 0 amide bonds. The highest BCUT2D eigenvalue weighted by Gasteiger charge is 2.67. The van der Waals surface area contributed by atoms with Crippen LogP contribution in [0, 0.1) is 34.5 Å². The van der Waals surface area contributed by atoms with Gasteiger partial charge in [-0.25, -0.2) is 0 Å². The minimum atomic E-state index is -1.77. The second-order valence-corrected chi connectivity index (χ2v) is 17.0. The molecule has 0 N–H and O–H groups in total. The first-order valence-corrected chi connectivity index (χ1v) is 16.3. The highest BCUT2D eigenvalue weighted by atomic mass is 28.4. The van der Waals surface area contributed by atoms with Gasteiger partial charge >= 0.3 is 0 Å². The Morgan fingerprint density at radius 1 is 0.938 bits per heavy atom. The molecular formula is C26H46N2O3Si. The van der Waals surface area contributed by atoms with Gasteiger partial charge < -0.3 is 14.1 Å². The van der Waals surface area contributed by atoms with E-state index in [1.165, 1.54) is 44.2 Å². The van der Waals surface area contributed by atoms with Gasteiger partial charge in [-0.1, -0.05) is 24.2 Å². The van der Waals surface area contributed by atoms with Crippen LogP contribution in [0.5, 0.6) is 0 Å². The molecule has 0 aliphatic heterocycles. The smallest absolute Gasteiger partial charge is 0.185 e. The molecule has 4 fully saturated rings. The summed E-state index contributed by atoms with van der Waals surface area (Å²) < 4.78 is 7.12. The number of hydrogen-bond donors (Lipinski definition) is 0. The Kier molecular flexibility index (Phi) is 6.37. The normalized spacial score (nSPS) is 45.8. The first kappa shape index (κ1) is 24.2. The van der Waals surface area contributed by atoms with E-state index in [0.717, 1.165) is 42.7 Å². The lowest BCUT2D eigenvalue weighted by molar-refractivity contribution is -0.122. The summed E-state index contributed by atoms with van der Waals surface area (Å²) in [6.45, 7) is 14.3. The van der Waals surface area contributed by atoms with E-state index < -0.39 is 8.32 Å². The molecule has 0 unspecified atom stereocenters. The van der Waals surface area contributed by atoms with Crippen molar-refractivity contribution < 1.29 is 14.1 Å². The van der Waals surface area contributed by atoms with Gasteiger partial charge in [-0.3, -0.25) is 0 Å². The van der Waals surface area contributed by atoms with Crippen molar-refractivity contribution in [2.75, 3.05) is 14.2 Å². The molecule has 4 rings (SSSR count). The van der Waals surface area contributed by atoms with Gasteiger partial charge in [0, 0.05) is 5.41 Å². The Labute approximate surface area is 196 Å². The summed E-state index contributed by atoms with van der Waals surface area (Å²) in [5.41, 5.74) is 2.65. The van der Waals surface area contributed by atoms with E-state index in [0.29, 0.717) is 11.3 Å². The molecule has 0 aromatic rings. The lowest BCUT2D eigenvalue weighted by Crippen LogP contribution is -2.61. The summed E-state index contributed by atoms with van der Waals surface area (Å²) in [5.74, 6) is 3.10. The highest BCUT2D eigenvalue weighted by Crippen LogP contribution is 2.69. The molecule has 0 spiro atoms. The summed E-state index contributed by atoms with van der Waals surface area (Å²) in [7, 11) is 1.58. The molecule has 182 valence electrons. The Balaban J connectivity index is 1.65. The molecule has 7 atom stereocenters. The highest BCUT2D eigenvalue weighted by molar-refractivity contribution is 6.70. The average Bonchev–Trinajstić information content (AvgIpc) is 3.00. The van der Waals surface area contributed by atoms with Gasteiger partial charge in [-0.15, -0.1) is 0 Å². The van der Waals surface area contributed by atoms with E-state index in [-0.39, 0.29) is 11.0 Å². The minimum absolute atomic E-state index is 0.140. The Hall–Kier alpha value is -0.883. The number of oxime groups is 2. The summed E-state index contributed by atoms with van der Waals surface area (Å²) in [6, 6.07) is 0. The Bertz CT molecular complexity index is 778. The van der Waals surface area contributed by atoms with Crippen LogP contribution in [0.3, 0.4) is 0 Å². The number of fused-ring (bicyclic) bond motifs is 5. The van der Waals surface area contributed by atoms with Crippen LogP contribution in [0.1, 0.15) is 78.6 Å². The van der Waals surface area contributed by atoms with Gasteiger partial charge in [0.05, 0.1) is 11.4 Å². The van der Waals surface area contributed by atoms with Crippen molar-refractivity contribution in [3.05, 3.63) is 0 Å². The van der Waals surface area contributed by atoms with Crippen molar-refractivity contribution in [3.63, 3.8) is 0 Å². The average molecular weight is 463 g/mol. The molecule has 0 bridgehead atoms. The van der Waals surface area contributed by atoms with Crippen molar-refractivity contribution in [3.8, 4) is 0 Å². The van der Waals surface area contributed by atoms with Crippen molar-refractivity contribution in [1.29, 1.82) is 0 Å². The van der Waals surface area contributed by atoms with E-state index in [1.54, 1.807) is 14.2 Å². The van der Waals surface area contributed by atoms with Gasteiger partial charge in [0.25, 0.3) is 0 Å². The zero-order valence-corrected chi connectivity index (χ0v) is 22.8. The lowest BCUT2D eigenvalue weighted by atomic mass is 9.44. The molecule has 4 saturated carbocycles. The van der Waals surface area contributed by atoms with Gasteiger partial charge in [-0.2, -0.15) is 0 Å². The van der Waals surface area contributed by atoms with Crippen LogP contribution in [-0.2, 0) is 14.1 Å². The van der Waals surface area contributed by atoms with Gasteiger partial charge in [0.2, 0.25) is 0 Å². The maximum absolute atomic E-state index is 7.12. The monoisotopic (exact) mass is 462 g/mol. The lowest BCUT2D eigenvalue weighted by Gasteiger charge is -2.62. The van der Waals surface area contributed by atoms with Gasteiger partial charge in [0.1, 0.15) is 19.8 Å². The van der Waals surface area contributed by atoms with Crippen LogP contribution in [0.2, 0.25) is 19.6 Å². The molecule has 0 saturated heterocycles. The zero-order valence-electron chi connectivity index (χ0n) is 21.8. The predicted molar refractivity (Wildman–Crippen MR) is 133 cm³/mol. The summed E-state index contributed by atoms with van der Waals surface area (Å²) in [6.07, 6.45) is 11.1. The van der Waals surface area contributed by atoms with E-state index in [1.807, 2.05) is 0 Å². The second kappa shape index (κ2) is 8.40. The second-order valence-electron chi connectivity index (χ2n) is 12.6. The molecule has 32 heavy (non-hydrogen) atoms. The number of nitrogens with zero attached hydrogens (tertiary/aromatic N) is 2. The maximum atomic E-state index is 7.12. The van der Waals surface area contributed by atoms with Crippen LogP contribution >= 0.6 is 0 Å². The standard InChI is InChI=1S/C26H46N2O3Si/c1-18(27-29-4)26(31-32(6,7)8)16-13-23-21-10-9-19-17-20(28-30-5)11-14-24(19,2)22(21)12-15-25(23,26)3/h19,21-23H,9-17H2,1-8H3/b27-18+,28-20-/t19-,21-,22+,23+,24+,25+,26+/m1/s1. The van der Waals surface area contributed by atoms with Crippen molar-refractivity contribution >= 4 is 19.7 Å². The van der Waals surface area contributed by atoms with E-state index in [4.69, 9.17) is 14.1 Å². The fraction of sp³-hybridized carbons (Fsp3) is 0.923. The number of rotatable bonds is 5. The Morgan fingerprint density at radius 3 is 2.31 bits per heavy atom. The van der Waals surface area contributed by atoms with E-state index in [9.17, 15) is 0 Å². The molecule has 5 nitrogen and oxygen atoms in total. The molecule has 0 aromatic carbocycles. The van der Waals surface area contributed by atoms with Crippen LogP contribution < -0.4 is 0 Å².